The molecule has 3 aromatic rings. The van der Waals surface area contributed by atoms with Gasteiger partial charge in [-0.3, -0.25) is 14.2 Å². The average Bonchev–Trinajstić information content (AvgIpc) is 2.83. The SMILES string of the molecule is COc1ccc(C(O)CNC(=O)CCCn2cnc3cc(OC)c(OC)cc3c2=O)cc1. The summed E-state index contributed by atoms with van der Waals surface area (Å²) in [6.07, 6.45) is 1.31. The van der Waals surface area contributed by atoms with Crippen LogP contribution in [0.25, 0.3) is 10.9 Å². The van der Waals surface area contributed by atoms with Crippen LogP contribution in [-0.4, -0.2) is 48.4 Å². The number of amides is 1. The number of aromatic nitrogens is 2. The highest BCUT2D eigenvalue weighted by atomic mass is 16.5. The number of nitrogens with one attached hydrogen (secondary N) is 1. The summed E-state index contributed by atoms with van der Waals surface area (Å²) < 4.78 is 17.1. The van der Waals surface area contributed by atoms with E-state index in [1.807, 2.05) is 0 Å². The number of nitrogens with zero attached hydrogens (tertiary/aromatic N) is 2. The highest BCUT2D eigenvalue weighted by molar-refractivity contribution is 5.81. The third-order valence-electron chi connectivity index (χ3n) is 5.13. The van der Waals surface area contributed by atoms with Gasteiger partial charge in [0.2, 0.25) is 5.91 Å². The molecule has 0 aliphatic heterocycles. The van der Waals surface area contributed by atoms with Gasteiger partial charge in [0.15, 0.2) is 11.5 Å². The van der Waals surface area contributed by atoms with Gasteiger partial charge in [-0.15, -0.1) is 0 Å². The first kappa shape index (κ1) is 23.1. The Labute approximate surface area is 185 Å². The molecular weight excluding hydrogens is 414 g/mol. The lowest BCUT2D eigenvalue weighted by molar-refractivity contribution is -0.121. The molecule has 1 amide bonds. The standard InChI is InChI=1S/C23H27N3O6/c1-30-16-8-6-15(7-9-16)19(27)13-24-22(28)5-4-10-26-14-25-18-12-21(32-3)20(31-2)11-17(18)23(26)29/h6-9,11-12,14,19,27H,4-5,10,13H2,1-3H3,(H,24,28). The van der Waals surface area contributed by atoms with E-state index in [2.05, 4.69) is 10.3 Å². The third-order valence-corrected chi connectivity index (χ3v) is 5.13. The summed E-state index contributed by atoms with van der Waals surface area (Å²) in [6.45, 7) is 0.439. The third kappa shape index (κ3) is 5.36. The lowest BCUT2D eigenvalue weighted by atomic mass is 10.1. The molecule has 0 bridgehead atoms. The first-order valence-electron chi connectivity index (χ1n) is 10.2. The Balaban J connectivity index is 1.54. The van der Waals surface area contributed by atoms with Gasteiger partial charge < -0.3 is 24.6 Å². The van der Waals surface area contributed by atoms with Crippen LogP contribution in [0.15, 0.2) is 47.5 Å². The molecule has 9 nitrogen and oxygen atoms in total. The van der Waals surface area contributed by atoms with Crippen LogP contribution in [-0.2, 0) is 11.3 Å². The number of ether oxygens (including phenoxy) is 3. The minimum atomic E-state index is -0.816. The monoisotopic (exact) mass is 441 g/mol. The Morgan fingerprint density at radius 1 is 1.09 bits per heavy atom. The number of aryl methyl sites for hydroxylation is 1. The van der Waals surface area contributed by atoms with E-state index < -0.39 is 6.10 Å². The minimum Gasteiger partial charge on any atom is -0.497 e. The number of aliphatic hydroxyl groups excluding tert-OH is 1. The quantitative estimate of drug-likeness (QED) is 0.495. The van der Waals surface area contributed by atoms with Crippen molar-refractivity contribution in [1.29, 1.82) is 0 Å². The van der Waals surface area contributed by atoms with Crippen molar-refractivity contribution < 1.29 is 24.1 Å². The Bertz CT molecular complexity index is 1130. The van der Waals surface area contributed by atoms with Gasteiger partial charge in [0, 0.05) is 25.6 Å². The Morgan fingerprint density at radius 2 is 1.78 bits per heavy atom. The number of benzene rings is 2. The van der Waals surface area contributed by atoms with E-state index in [4.69, 9.17) is 14.2 Å². The molecule has 0 spiro atoms. The summed E-state index contributed by atoms with van der Waals surface area (Å²) in [7, 11) is 4.59. The molecule has 0 aliphatic carbocycles. The van der Waals surface area contributed by atoms with E-state index in [0.717, 1.165) is 0 Å². The first-order valence-corrected chi connectivity index (χ1v) is 10.2. The van der Waals surface area contributed by atoms with E-state index in [1.54, 1.807) is 43.5 Å². The zero-order chi connectivity index (χ0) is 23.1. The molecule has 3 rings (SSSR count). The molecule has 1 atom stereocenters. The predicted molar refractivity (Wildman–Crippen MR) is 119 cm³/mol. The summed E-state index contributed by atoms with van der Waals surface area (Å²) in [5.74, 6) is 1.44. The highest BCUT2D eigenvalue weighted by Gasteiger charge is 2.12. The Morgan fingerprint density at radius 3 is 2.44 bits per heavy atom. The Kier molecular flexibility index (Phi) is 7.67. The zero-order valence-electron chi connectivity index (χ0n) is 18.3. The van der Waals surface area contributed by atoms with E-state index in [-0.39, 0.29) is 24.4 Å². The number of aliphatic hydroxyl groups is 1. The van der Waals surface area contributed by atoms with Gasteiger partial charge in [0.25, 0.3) is 5.56 Å². The summed E-state index contributed by atoms with van der Waals surface area (Å²) in [6, 6.07) is 10.3. The minimum absolute atomic E-state index is 0.101. The normalized spacial score (nSPS) is 11.8. The number of methoxy groups -OCH3 is 3. The molecule has 0 radical (unpaired) electrons. The van der Waals surface area contributed by atoms with E-state index in [1.165, 1.54) is 25.1 Å². The smallest absolute Gasteiger partial charge is 0.261 e. The van der Waals surface area contributed by atoms with Gasteiger partial charge in [-0.1, -0.05) is 12.1 Å². The number of fused-ring (bicyclic) bond motifs is 1. The van der Waals surface area contributed by atoms with Crippen molar-refractivity contribution in [2.45, 2.75) is 25.5 Å². The highest BCUT2D eigenvalue weighted by Crippen LogP contribution is 2.29. The van der Waals surface area contributed by atoms with Gasteiger partial charge in [0.1, 0.15) is 5.75 Å². The summed E-state index contributed by atoms with van der Waals surface area (Å²) >= 11 is 0. The van der Waals surface area contributed by atoms with Crippen molar-refractivity contribution in [3.8, 4) is 17.2 Å². The van der Waals surface area contributed by atoms with Crippen LogP contribution in [0.4, 0.5) is 0 Å². The van der Waals surface area contributed by atoms with Crippen LogP contribution in [0.5, 0.6) is 17.2 Å². The maximum Gasteiger partial charge on any atom is 0.261 e. The number of carbonyl (C=O) groups excluding carboxylic acids is 1. The molecular formula is C23H27N3O6. The maximum atomic E-state index is 12.8. The summed E-state index contributed by atoms with van der Waals surface area (Å²) in [4.78, 5) is 29.2. The van der Waals surface area contributed by atoms with Crippen LogP contribution >= 0.6 is 0 Å². The molecule has 0 saturated heterocycles. The second-order valence-corrected chi connectivity index (χ2v) is 7.16. The molecule has 9 heteroatoms. The van der Waals surface area contributed by atoms with E-state index in [9.17, 15) is 14.7 Å². The van der Waals surface area contributed by atoms with Gasteiger partial charge in [-0.25, -0.2) is 4.98 Å². The molecule has 1 heterocycles. The fourth-order valence-electron chi connectivity index (χ4n) is 3.30. The Hall–Kier alpha value is -3.59. The van der Waals surface area contributed by atoms with Gasteiger partial charge in [-0.05, 0) is 30.2 Å². The second-order valence-electron chi connectivity index (χ2n) is 7.16. The summed E-state index contributed by atoms with van der Waals surface area (Å²) in [5.41, 5.74) is 0.979. The number of rotatable bonds is 10. The van der Waals surface area contributed by atoms with Crippen LogP contribution in [0.2, 0.25) is 0 Å². The molecule has 2 aromatic carbocycles. The predicted octanol–water partition coefficient (Wildman–Crippen LogP) is 2.05. The van der Waals surface area contributed by atoms with Crippen LogP contribution in [0, 0.1) is 0 Å². The van der Waals surface area contributed by atoms with Crippen LogP contribution in [0.3, 0.4) is 0 Å². The van der Waals surface area contributed by atoms with Crippen molar-refractivity contribution in [3.63, 3.8) is 0 Å². The van der Waals surface area contributed by atoms with E-state index in [0.29, 0.717) is 46.7 Å². The lowest BCUT2D eigenvalue weighted by Gasteiger charge is -2.13. The molecule has 0 aliphatic rings. The van der Waals surface area contributed by atoms with Crippen molar-refractivity contribution >= 4 is 16.8 Å². The molecule has 0 fully saturated rings. The van der Waals surface area contributed by atoms with Crippen molar-refractivity contribution in [1.82, 2.24) is 14.9 Å². The van der Waals surface area contributed by atoms with Gasteiger partial charge in [-0.2, -0.15) is 0 Å². The number of hydrogen-bond donors (Lipinski definition) is 2. The molecule has 1 unspecified atom stereocenters. The maximum absolute atomic E-state index is 12.8. The largest absolute Gasteiger partial charge is 0.497 e. The van der Waals surface area contributed by atoms with E-state index >= 15 is 0 Å². The number of carbonyl (C=O) groups is 1. The zero-order valence-corrected chi connectivity index (χ0v) is 18.3. The first-order chi connectivity index (χ1) is 15.5. The molecule has 2 N–H and O–H groups in total. The second kappa shape index (κ2) is 10.6. The lowest BCUT2D eigenvalue weighted by Crippen LogP contribution is -2.29. The van der Waals surface area contributed by atoms with Crippen molar-refractivity contribution in [2.24, 2.45) is 0 Å². The van der Waals surface area contributed by atoms with Gasteiger partial charge in [0.05, 0.1) is 44.7 Å². The topological polar surface area (TPSA) is 112 Å². The molecule has 1 aromatic heterocycles. The van der Waals surface area contributed by atoms with Crippen molar-refractivity contribution in [2.75, 3.05) is 27.9 Å². The molecule has 32 heavy (non-hydrogen) atoms. The fraction of sp³-hybridized carbons (Fsp3) is 0.348. The van der Waals surface area contributed by atoms with Crippen molar-refractivity contribution in [3.05, 3.63) is 58.6 Å². The molecule has 0 saturated carbocycles. The van der Waals surface area contributed by atoms with Crippen LogP contribution in [0.1, 0.15) is 24.5 Å². The summed E-state index contributed by atoms with van der Waals surface area (Å²) in [5, 5.41) is 13.4. The molecule has 170 valence electrons. The number of hydrogen-bond acceptors (Lipinski definition) is 7. The van der Waals surface area contributed by atoms with Crippen LogP contribution < -0.4 is 25.1 Å². The fourth-order valence-corrected chi connectivity index (χ4v) is 3.30. The van der Waals surface area contributed by atoms with Gasteiger partial charge >= 0.3 is 0 Å². The average molecular weight is 441 g/mol.